The number of benzene rings is 1. The highest BCUT2D eigenvalue weighted by Gasteiger charge is 2.13. The van der Waals surface area contributed by atoms with Gasteiger partial charge in [0.2, 0.25) is 5.76 Å². The molecule has 0 radical (unpaired) electrons. The Bertz CT molecular complexity index is 554. The van der Waals surface area contributed by atoms with Crippen molar-refractivity contribution in [1.82, 2.24) is 0 Å². The maximum Gasteiger partial charge on any atom is 0.371 e. The number of hydrogen-bond donors (Lipinski definition) is 1. The number of carboxylic acid groups (broad SMARTS) is 1. The van der Waals surface area contributed by atoms with Gasteiger partial charge in [-0.25, -0.2) is 4.79 Å². The van der Waals surface area contributed by atoms with E-state index in [1.54, 1.807) is 13.2 Å². The first-order chi connectivity index (χ1) is 8.11. The molecule has 0 amide bonds. The summed E-state index contributed by atoms with van der Waals surface area (Å²) in [6.07, 6.45) is 0. The fraction of sp³-hybridized carbons (Fsp3) is 0.154. The molecule has 1 aromatic heterocycles. The normalized spacial score (nSPS) is 10.2. The lowest BCUT2D eigenvalue weighted by atomic mass is 10.1. The van der Waals surface area contributed by atoms with Crippen molar-refractivity contribution in [2.75, 3.05) is 7.11 Å². The van der Waals surface area contributed by atoms with Crippen molar-refractivity contribution in [3.05, 3.63) is 41.7 Å². The van der Waals surface area contributed by atoms with E-state index in [-0.39, 0.29) is 5.76 Å². The number of ether oxygens (including phenoxy) is 1. The van der Waals surface area contributed by atoms with Gasteiger partial charge in [-0.3, -0.25) is 0 Å². The Morgan fingerprint density at radius 3 is 2.65 bits per heavy atom. The number of rotatable bonds is 3. The molecule has 0 fully saturated rings. The van der Waals surface area contributed by atoms with Crippen molar-refractivity contribution in [2.24, 2.45) is 0 Å². The number of carbonyl (C=O) groups is 1. The van der Waals surface area contributed by atoms with Gasteiger partial charge >= 0.3 is 5.97 Å². The zero-order chi connectivity index (χ0) is 12.4. The van der Waals surface area contributed by atoms with Crippen LogP contribution in [-0.4, -0.2) is 18.2 Å². The molecule has 0 spiro atoms. The highest BCUT2D eigenvalue weighted by atomic mass is 16.5. The monoisotopic (exact) mass is 232 g/mol. The third-order valence-electron chi connectivity index (χ3n) is 2.44. The second-order valence-corrected chi connectivity index (χ2v) is 3.67. The number of hydrogen-bond acceptors (Lipinski definition) is 3. The molecule has 4 heteroatoms. The Kier molecular flexibility index (Phi) is 2.87. The van der Waals surface area contributed by atoms with Gasteiger partial charge < -0.3 is 14.3 Å². The standard InChI is InChI=1S/C13H12O4/c1-8-3-4-10(16-2)9(7-8)11-5-6-12(17-11)13(14)15/h3-7H,1-2H3,(H,14,15). The molecule has 1 heterocycles. The first-order valence-electron chi connectivity index (χ1n) is 5.10. The van der Waals surface area contributed by atoms with Crippen LogP contribution in [0.25, 0.3) is 11.3 Å². The van der Waals surface area contributed by atoms with Crippen LogP contribution in [0.5, 0.6) is 5.75 Å². The molecule has 4 nitrogen and oxygen atoms in total. The van der Waals surface area contributed by atoms with Crippen molar-refractivity contribution in [1.29, 1.82) is 0 Å². The summed E-state index contributed by atoms with van der Waals surface area (Å²) in [5.74, 6) is -0.0173. The lowest BCUT2D eigenvalue weighted by molar-refractivity contribution is 0.0663. The molecule has 0 aliphatic carbocycles. The minimum Gasteiger partial charge on any atom is -0.496 e. The molecule has 0 aliphatic heterocycles. The van der Waals surface area contributed by atoms with Gasteiger partial charge in [-0.2, -0.15) is 0 Å². The van der Waals surface area contributed by atoms with E-state index < -0.39 is 5.97 Å². The van der Waals surface area contributed by atoms with E-state index in [2.05, 4.69) is 0 Å². The van der Waals surface area contributed by atoms with Gasteiger partial charge in [0.1, 0.15) is 11.5 Å². The van der Waals surface area contributed by atoms with Gasteiger partial charge in [-0.1, -0.05) is 11.6 Å². The van der Waals surface area contributed by atoms with Crippen molar-refractivity contribution in [3.63, 3.8) is 0 Å². The van der Waals surface area contributed by atoms with E-state index >= 15 is 0 Å². The fourth-order valence-corrected chi connectivity index (χ4v) is 1.61. The highest BCUT2D eigenvalue weighted by Crippen LogP contribution is 2.32. The number of carboxylic acids is 1. The molecule has 0 aliphatic rings. The first-order valence-corrected chi connectivity index (χ1v) is 5.10. The number of aryl methyl sites for hydroxylation is 1. The largest absolute Gasteiger partial charge is 0.496 e. The molecule has 1 aromatic carbocycles. The molecule has 2 rings (SSSR count). The van der Waals surface area contributed by atoms with Gasteiger partial charge in [-0.05, 0) is 31.2 Å². The van der Waals surface area contributed by atoms with E-state index in [4.69, 9.17) is 14.3 Å². The highest BCUT2D eigenvalue weighted by molar-refractivity contribution is 5.85. The Morgan fingerprint density at radius 2 is 2.06 bits per heavy atom. The molecule has 2 aromatic rings. The van der Waals surface area contributed by atoms with Gasteiger partial charge in [0.25, 0.3) is 0 Å². The third kappa shape index (κ3) is 2.15. The van der Waals surface area contributed by atoms with E-state index in [0.29, 0.717) is 11.5 Å². The average molecular weight is 232 g/mol. The van der Waals surface area contributed by atoms with Crippen LogP contribution in [0.1, 0.15) is 16.1 Å². The number of furan rings is 1. The summed E-state index contributed by atoms with van der Waals surface area (Å²) in [5, 5.41) is 8.80. The summed E-state index contributed by atoms with van der Waals surface area (Å²) in [6.45, 7) is 1.95. The molecule has 0 unspecified atom stereocenters. The lowest BCUT2D eigenvalue weighted by Gasteiger charge is -2.06. The molecule has 0 atom stereocenters. The van der Waals surface area contributed by atoms with E-state index in [9.17, 15) is 4.79 Å². The molecule has 0 saturated carbocycles. The van der Waals surface area contributed by atoms with E-state index in [0.717, 1.165) is 11.1 Å². The van der Waals surface area contributed by atoms with Gasteiger partial charge in [0, 0.05) is 0 Å². The molecular weight excluding hydrogens is 220 g/mol. The van der Waals surface area contributed by atoms with E-state index in [1.165, 1.54) is 6.07 Å². The van der Waals surface area contributed by atoms with E-state index in [1.807, 2.05) is 25.1 Å². The third-order valence-corrected chi connectivity index (χ3v) is 2.44. The molecule has 88 valence electrons. The van der Waals surface area contributed by atoms with Crippen LogP contribution in [0.15, 0.2) is 34.7 Å². The maximum absolute atomic E-state index is 10.7. The zero-order valence-electron chi connectivity index (χ0n) is 9.56. The van der Waals surface area contributed by atoms with Crippen LogP contribution >= 0.6 is 0 Å². The molecule has 17 heavy (non-hydrogen) atoms. The fourth-order valence-electron chi connectivity index (χ4n) is 1.61. The zero-order valence-corrected chi connectivity index (χ0v) is 9.56. The van der Waals surface area contributed by atoms with Crippen molar-refractivity contribution >= 4 is 5.97 Å². The first kappa shape index (κ1) is 11.3. The average Bonchev–Trinajstić information content (AvgIpc) is 2.78. The Hall–Kier alpha value is -2.23. The van der Waals surface area contributed by atoms with Crippen molar-refractivity contribution in [3.8, 4) is 17.1 Å². The lowest BCUT2D eigenvalue weighted by Crippen LogP contribution is -1.92. The van der Waals surface area contributed by atoms with Gasteiger partial charge in [-0.15, -0.1) is 0 Å². The van der Waals surface area contributed by atoms with Gasteiger partial charge in [0.05, 0.1) is 12.7 Å². The molecule has 0 saturated heterocycles. The molecular formula is C13H12O4. The van der Waals surface area contributed by atoms with Crippen LogP contribution in [0.4, 0.5) is 0 Å². The smallest absolute Gasteiger partial charge is 0.371 e. The minimum absolute atomic E-state index is 0.0800. The van der Waals surface area contributed by atoms with Crippen LogP contribution in [0.3, 0.4) is 0 Å². The summed E-state index contributed by atoms with van der Waals surface area (Å²) in [5.41, 5.74) is 1.80. The summed E-state index contributed by atoms with van der Waals surface area (Å²) in [4.78, 5) is 10.7. The summed E-state index contributed by atoms with van der Waals surface area (Å²) in [7, 11) is 1.56. The predicted molar refractivity (Wildman–Crippen MR) is 62.4 cm³/mol. The van der Waals surface area contributed by atoms with Crippen LogP contribution in [-0.2, 0) is 0 Å². The minimum atomic E-state index is -1.08. The Balaban J connectivity index is 2.51. The van der Waals surface area contributed by atoms with Crippen LogP contribution < -0.4 is 4.74 Å². The van der Waals surface area contributed by atoms with Crippen LogP contribution in [0.2, 0.25) is 0 Å². The molecule has 1 N–H and O–H groups in total. The predicted octanol–water partition coefficient (Wildman–Crippen LogP) is 2.96. The summed E-state index contributed by atoms with van der Waals surface area (Å²) >= 11 is 0. The maximum atomic E-state index is 10.7. The number of methoxy groups -OCH3 is 1. The SMILES string of the molecule is COc1ccc(C)cc1-c1ccc(C(=O)O)o1. The second-order valence-electron chi connectivity index (χ2n) is 3.67. The summed E-state index contributed by atoms with van der Waals surface area (Å²) in [6, 6.07) is 8.69. The number of aromatic carboxylic acids is 1. The van der Waals surface area contributed by atoms with Gasteiger partial charge in [0.15, 0.2) is 0 Å². The summed E-state index contributed by atoms with van der Waals surface area (Å²) < 4.78 is 10.5. The Morgan fingerprint density at radius 1 is 1.29 bits per heavy atom. The van der Waals surface area contributed by atoms with Crippen molar-refractivity contribution in [2.45, 2.75) is 6.92 Å². The Labute approximate surface area is 98.4 Å². The van der Waals surface area contributed by atoms with Crippen molar-refractivity contribution < 1.29 is 19.1 Å². The quantitative estimate of drug-likeness (QED) is 0.883. The van der Waals surface area contributed by atoms with Crippen LogP contribution in [0, 0.1) is 6.92 Å². The second kappa shape index (κ2) is 4.33. The topological polar surface area (TPSA) is 59.7 Å². The molecule has 0 bridgehead atoms.